The van der Waals surface area contributed by atoms with Crippen molar-refractivity contribution in [3.8, 4) is 5.75 Å². The third-order valence-electron chi connectivity index (χ3n) is 4.35. The fourth-order valence-electron chi connectivity index (χ4n) is 3.04. The van der Waals surface area contributed by atoms with Crippen molar-refractivity contribution in [2.45, 2.75) is 25.9 Å². The van der Waals surface area contributed by atoms with Crippen LogP contribution in [0.1, 0.15) is 30.1 Å². The van der Waals surface area contributed by atoms with E-state index >= 15 is 0 Å². The first-order valence-corrected chi connectivity index (χ1v) is 8.71. The summed E-state index contributed by atoms with van der Waals surface area (Å²) in [5.74, 6) is -1.90. The number of rotatable bonds is 4. The highest BCUT2D eigenvalue weighted by Crippen LogP contribution is 2.22. The van der Waals surface area contributed by atoms with Gasteiger partial charge in [-0.05, 0) is 30.3 Å². The first-order chi connectivity index (χ1) is 12.9. The van der Waals surface area contributed by atoms with Crippen LogP contribution in [0.5, 0.6) is 5.75 Å². The summed E-state index contributed by atoms with van der Waals surface area (Å²) in [6, 6.07) is 10.2. The molecular weight excluding hydrogens is 354 g/mol. The molecule has 7 heteroatoms. The maximum absolute atomic E-state index is 13.3. The second-order valence-corrected chi connectivity index (χ2v) is 6.45. The molecular formula is C20H20F2N2O3. The number of hydrogen-bond acceptors (Lipinski definition) is 3. The van der Waals surface area contributed by atoms with Gasteiger partial charge >= 0.3 is 0 Å². The van der Waals surface area contributed by atoms with Gasteiger partial charge in [0.1, 0.15) is 11.9 Å². The van der Waals surface area contributed by atoms with Crippen LogP contribution >= 0.6 is 0 Å². The van der Waals surface area contributed by atoms with Crippen LogP contribution in [0.25, 0.3) is 0 Å². The molecule has 0 saturated carbocycles. The molecule has 1 heterocycles. The molecule has 0 spiro atoms. The number of amides is 2. The molecule has 0 atom stereocenters. The van der Waals surface area contributed by atoms with Crippen LogP contribution < -0.4 is 10.1 Å². The summed E-state index contributed by atoms with van der Waals surface area (Å²) in [5, 5.41) is 2.66. The third-order valence-corrected chi connectivity index (χ3v) is 4.35. The van der Waals surface area contributed by atoms with Gasteiger partial charge in [-0.25, -0.2) is 8.78 Å². The van der Waals surface area contributed by atoms with Crippen molar-refractivity contribution in [3.05, 3.63) is 59.7 Å². The van der Waals surface area contributed by atoms with E-state index in [0.717, 1.165) is 12.1 Å². The minimum atomic E-state index is -0.945. The monoisotopic (exact) mass is 374 g/mol. The van der Waals surface area contributed by atoms with Crippen LogP contribution in [0.15, 0.2) is 42.5 Å². The molecule has 142 valence electrons. The van der Waals surface area contributed by atoms with E-state index in [4.69, 9.17) is 4.74 Å². The number of nitrogens with zero attached hydrogens (tertiary/aromatic N) is 1. The van der Waals surface area contributed by atoms with Crippen molar-refractivity contribution in [2.75, 3.05) is 18.4 Å². The molecule has 0 aliphatic carbocycles. The van der Waals surface area contributed by atoms with Gasteiger partial charge in [0.25, 0.3) is 5.91 Å². The summed E-state index contributed by atoms with van der Waals surface area (Å²) in [6.45, 7) is 2.40. The van der Waals surface area contributed by atoms with Crippen LogP contribution in [-0.4, -0.2) is 35.9 Å². The van der Waals surface area contributed by atoms with Crippen LogP contribution in [0.4, 0.5) is 14.5 Å². The van der Waals surface area contributed by atoms with Gasteiger partial charge in [-0.3, -0.25) is 9.59 Å². The lowest BCUT2D eigenvalue weighted by molar-refractivity contribution is -0.114. The second-order valence-electron chi connectivity index (χ2n) is 6.45. The maximum atomic E-state index is 13.3. The first kappa shape index (κ1) is 18.8. The number of hydrogen-bond donors (Lipinski definition) is 1. The Kier molecular flexibility index (Phi) is 5.69. The number of piperidine rings is 1. The lowest BCUT2D eigenvalue weighted by Crippen LogP contribution is -2.41. The molecule has 5 nitrogen and oxygen atoms in total. The molecule has 2 aromatic rings. The molecule has 1 fully saturated rings. The van der Waals surface area contributed by atoms with Crippen molar-refractivity contribution in [1.82, 2.24) is 4.90 Å². The Hall–Kier alpha value is -2.96. The van der Waals surface area contributed by atoms with E-state index < -0.39 is 11.6 Å². The second kappa shape index (κ2) is 8.16. The number of halogens is 2. The Morgan fingerprint density at radius 2 is 1.81 bits per heavy atom. The molecule has 1 N–H and O–H groups in total. The Morgan fingerprint density at radius 1 is 1.07 bits per heavy atom. The van der Waals surface area contributed by atoms with Gasteiger partial charge in [-0.2, -0.15) is 0 Å². The Bertz CT molecular complexity index is 849. The molecule has 0 aromatic heterocycles. The summed E-state index contributed by atoms with van der Waals surface area (Å²) in [6.07, 6.45) is 1.02. The van der Waals surface area contributed by atoms with Gasteiger partial charge in [-0.15, -0.1) is 0 Å². The van der Waals surface area contributed by atoms with Gasteiger partial charge < -0.3 is 15.0 Å². The number of anilines is 1. The molecule has 0 unspecified atom stereocenters. The predicted octanol–water partition coefficient (Wildman–Crippen LogP) is 3.61. The van der Waals surface area contributed by atoms with Gasteiger partial charge in [-0.1, -0.05) is 6.07 Å². The van der Waals surface area contributed by atoms with E-state index in [9.17, 15) is 18.4 Å². The molecule has 27 heavy (non-hydrogen) atoms. The highest BCUT2D eigenvalue weighted by atomic mass is 19.2. The Morgan fingerprint density at radius 3 is 2.48 bits per heavy atom. The van der Waals surface area contributed by atoms with Crippen LogP contribution in [0.2, 0.25) is 0 Å². The Balaban J connectivity index is 1.57. The predicted molar refractivity (Wildman–Crippen MR) is 96.7 cm³/mol. The van der Waals surface area contributed by atoms with E-state index in [-0.39, 0.29) is 23.7 Å². The van der Waals surface area contributed by atoms with Crippen molar-refractivity contribution >= 4 is 17.5 Å². The smallest absolute Gasteiger partial charge is 0.253 e. The average molecular weight is 374 g/mol. The Labute approximate surface area is 155 Å². The van der Waals surface area contributed by atoms with Crippen molar-refractivity contribution in [2.24, 2.45) is 0 Å². The van der Waals surface area contributed by atoms with E-state index in [0.29, 0.717) is 37.2 Å². The van der Waals surface area contributed by atoms with Gasteiger partial charge in [0.05, 0.1) is 0 Å². The molecule has 1 aliphatic rings. The van der Waals surface area contributed by atoms with Crippen molar-refractivity contribution < 1.29 is 23.1 Å². The molecule has 0 bridgehead atoms. The molecule has 2 aromatic carbocycles. The number of carbonyl (C=O) groups excluding carboxylic acids is 2. The number of benzene rings is 2. The largest absolute Gasteiger partial charge is 0.490 e. The van der Waals surface area contributed by atoms with E-state index in [1.807, 2.05) is 0 Å². The minimum absolute atomic E-state index is 0.117. The summed E-state index contributed by atoms with van der Waals surface area (Å²) in [5.41, 5.74) is 1.08. The zero-order chi connectivity index (χ0) is 19.4. The van der Waals surface area contributed by atoms with Crippen LogP contribution in [0, 0.1) is 11.6 Å². The highest BCUT2D eigenvalue weighted by molar-refractivity contribution is 5.96. The van der Waals surface area contributed by atoms with Crippen LogP contribution in [0.3, 0.4) is 0 Å². The zero-order valence-electron chi connectivity index (χ0n) is 14.9. The molecule has 1 aliphatic heterocycles. The van der Waals surface area contributed by atoms with Gasteiger partial charge in [0, 0.05) is 50.2 Å². The van der Waals surface area contributed by atoms with Crippen molar-refractivity contribution in [3.63, 3.8) is 0 Å². The number of ether oxygens (including phenoxy) is 1. The normalized spacial score (nSPS) is 14.7. The quantitative estimate of drug-likeness (QED) is 0.890. The summed E-state index contributed by atoms with van der Waals surface area (Å²) >= 11 is 0. The fraction of sp³-hybridized carbons (Fsp3) is 0.300. The van der Waals surface area contributed by atoms with Gasteiger partial charge in [0.2, 0.25) is 5.91 Å². The topological polar surface area (TPSA) is 58.6 Å². The average Bonchev–Trinajstić information content (AvgIpc) is 2.64. The lowest BCUT2D eigenvalue weighted by atomic mass is 10.1. The third kappa shape index (κ3) is 4.81. The van der Waals surface area contributed by atoms with Gasteiger partial charge in [0.15, 0.2) is 11.6 Å². The lowest BCUT2D eigenvalue weighted by Gasteiger charge is -2.32. The number of carbonyl (C=O) groups is 2. The molecule has 2 amide bonds. The molecule has 3 rings (SSSR count). The number of likely N-dealkylation sites (tertiary alicyclic amines) is 1. The van der Waals surface area contributed by atoms with Crippen LogP contribution in [-0.2, 0) is 4.79 Å². The summed E-state index contributed by atoms with van der Waals surface area (Å²) in [4.78, 5) is 25.5. The highest BCUT2D eigenvalue weighted by Gasteiger charge is 2.25. The SMILES string of the molecule is CC(=O)Nc1cccc(C(=O)N2CCC(Oc3ccc(F)c(F)c3)CC2)c1. The van der Waals surface area contributed by atoms with E-state index in [2.05, 4.69) is 5.32 Å². The van der Waals surface area contributed by atoms with E-state index in [1.165, 1.54) is 13.0 Å². The first-order valence-electron chi connectivity index (χ1n) is 8.71. The minimum Gasteiger partial charge on any atom is -0.490 e. The standard InChI is InChI=1S/C20H20F2N2O3/c1-13(25)23-15-4-2-3-14(11-15)20(26)24-9-7-16(8-10-24)27-17-5-6-18(21)19(22)12-17/h2-6,11-12,16H,7-10H2,1H3,(H,23,25). The van der Waals surface area contributed by atoms with Crippen molar-refractivity contribution in [1.29, 1.82) is 0 Å². The number of nitrogens with one attached hydrogen (secondary N) is 1. The molecule has 0 radical (unpaired) electrons. The van der Waals surface area contributed by atoms with E-state index in [1.54, 1.807) is 29.2 Å². The molecule has 1 saturated heterocycles. The summed E-state index contributed by atoms with van der Waals surface area (Å²) in [7, 11) is 0. The fourth-order valence-corrected chi connectivity index (χ4v) is 3.04. The summed E-state index contributed by atoms with van der Waals surface area (Å²) < 4.78 is 31.9. The maximum Gasteiger partial charge on any atom is 0.253 e. The zero-order valence-corrected chi connectivity index (χ0v) is 14.9.